The van der Waals surface area contributed by atoms with Crippen LogP contribution < -0.4 is 5.73 Å². The Morgan fingerprint density at radius 3 is 2.76 bits per heavy atom. The van der Waals surface area contributed by atoms with E-state index in [1.54, 1.807) is 4.90 Å². The molecule has 1 aromatic carbocycles. The van der Waals surface area contributed by atoms with Crippen molar-refractivity contribution in [2.45, 2.75) is 38.8 Å². The highest BCUT2D eigenvalue weighted by molar-refractivity contribution is 5.77. The van der Waals surface area contributed by atoms with E-state index < -0.39 is 0 Å². The highest BCUT2D eigenvalue weighted by Gasteiger charge is 2.33. The van der Waals surface area contributed by atoms with E-state index in [0.29, 0.717) is 6.42 Å². The minimum Gasteiger partial charge on any atom is -0.337 e. The molecule has 0 saturated carbocycles. The van der Waals surface area contributed by atoms with Crippen molar-refractivity contribution < 1.29 is 4.79 Å². The summed E-state index contributed by atoms with van der Waals surface area (Å²) in [7, 11) is 1.85. The van der Waals surface area contributed by atoms with Crippen LogP contribution in [0.15, 0.2) is 18.2 Å². The van der Waals surface area contributed by atoms with Crippen LogP contribution in [0.4, 0.5) is 0 Å². The van der Waals surface area contributed by atoms with Gasteiger partial charge in [-0.05, 0) is 37.0 Å². The number of aryl methyl sites for hydroxylation is 1. The predicted octanol–water partition coefficient (Wildman–Crippen LogP) is 1.92. The van der Waals surface area contributed by atoms with Gasteiger partial charge in [0.25, 0.3) is 0 Å². The van der Waals surface area contributed by atoms with Crippen LogP contribution >= 0.6 is 0 Å². The molecule has 0 bridgehead atoms. The average molecular weight is 232 g/mol. The van der Waals surface area contributed by atoms with E-state index in [1.807, 2.05) is 13.1 Å². The van der Waals surface area contributed by atoms with Crippen molar-refractivity contribution in [1.82, 2.24) is 4.90 Å². The van der Waals surface area contributed by atoms with Crippen LogP contribution in [0.5, 0.6) is 0 Å². The molecule has 1 aromatic rings. The Labute approximate surface area is 103 Å². The van der Waals surface area contributed by atoms with Gasteiger partial charge < -0.3 is 10.6 Å². The summed E-state index contributed by atoms with van der Waals surface area (Å²) in [5, 5.41) is 0. The first-order chi connectivity index (χ1) is 8.02. The van der Waals surface area contributed by atoms with Gasteiger partial charge in [0.05, 0.1) is 6.04 Å². The molecule has 3 heteroatoms. The van der Waals surface area contributed by atoms with Crippen molar-refractivity contribution in [1.29, 1.82) is 0 Å². The number of likely N-dealkylation sites (N-methyl/N-ethyl adjacent to an activating group) is 1. The second-order valence-corrected chi connectivity index (χ2v) is 4.94. The first-order valence-corrected chi connectivity index (χ1v) is 6.09. The maximum atomic E-state index is 11.8. The highest BCUT2D eigenvalue weighted by atomic mass is 16.2. The lowest BCUT2D eigenvalue weighted by Crippen LogP contribution is -2.47. The summed E-state index contributed by atoms with van der Waals surface area (Å²) in [4.78, 5) is 13.6. The molecule has 1 aliphatic heterocycles. The topological polar surface area (TPSA) is 46.3 Å². The summed E-state index contributed by atoms with van der Waals surface area (Å²) < 4.78 is 0. The minimum atomic E-state index is 0.0242. The van der Waals surface area contributed by atoms with Gasteiger partial charge in [-0.3, -0.25) is 4.79 Å². The van der Waals surface area contributed by atoms with Gasteiger partial charge in [-0.15, -0.1) is 0 Å². The van der Waals surface area contributed by atoms with Gasteiger partial charge in [0.15, 0.2) is 0 Å². The molecule has 0 aromatic heterocycles. The van der Waals surface area contributed by atoms with Crippen molar-refractivity contribution in [2.75, 3.05) is 7.05 Å². The van der Waals surface area contributed by atoms with Crippen molar-refractivity contribution in [3.8, 4) is 0 Å². The summed E-state index contributed by atoms with van der Waals surface area (Å²) in [5.41, 5.74) is 9.87. The van der Waals surface area contributed by atoms with Gasteiger partial charge in [-0.1, -0.05) is 18.2 Å². The van der Waals surface area contributed by atoms with Crippen molar-refractivity contribution >= 4 is 5.91 Å². The Morgan fingerprint density at radius 2 is 2.06 bits per heavy atom. The van der Waals surface area contributed by atoms with Crippen LogP contribution in [0.2, 0.25) is 0 Å². The number of carbonyl (C=O) groups is 1. The maximum Gasteiger partial charge on any atom is 0.222 e. The fourth-order valence-electron chi connectivity index (χ4n) is 2.60. The van der Waals surface area contributed by atoms with Crippen LogP contribution in [0.25, 0.3) is 0 Å². The third-order valence-corrected chi connectivity index (χ3v) is 3.87. The zero-order chi connectivity index (χ0) is 12.6. The molecule has 3 nitrogen and oxygen atoms in total. The molecule has 1 aliphatic rings. The summed E-state index contributed by atoms with van der Waals surface area (Å²) in [5.74, 6) is 0.192. The van der Waals surface area contributed by atoms with E-state index in [2.05, 4.69) is 26.0 Å². The standard InChI is InChI=1S/C14H20N2O/c1-9-5-4-6-11(10(9)2)14-12(15)7-8-13(17)16(14)3/h4-6,12,14H,7-8,15H2,1-3H3. The van der Waals surface area contributed by atoms with Crippen molar-refractivity contribution in [3.05, 3.63) is 34.9 Å². The number of benzene rings is 1. The molecule has 17 heavy (non-hydrogen) atoms. The molecule has 92 valence electrons. The molecular formula is C14H20N2O. The monoisotopic (exact) mass is 232 g/mol. The van der Waals surface area contributed by atoms with Crippen LogP contribution in [-0.4, -0.2) is 23.9 Å². The molecule has 0 aliphatic carbocycles. The number of amides is 1. The Morgan fingerprint density at radius 1 is 1.35 bits per heavy atom. The summed E-state index contributed by atoms with van der Waals surface area (Å²) in [6, 6.07) is 6.28. The largest absolute Gasteiger partial charge is 0.337 e. The van der Waals surface area contributed by atoms with E-state index in [1.165, 1.54) is 16.7 Å². The predicted molar refractivity (Wildman–Crippen MR) is 68.6 cm³/mol. The third kappa shape index (κ3) is 2.07. The summed E-state index contributed by atoms with van der Waals surface area (Å²) in [6.45, 7) is 4.19. The first kappa shape index (κ1) is 12.1. The Bertz CT molecular complexity index is 442. The molecule has 0 radical (unpaired) electrons. The first-order valence-electron chi connectivity index (χ1n) is 6.09. The fraction of sp³-hybridized carbons (Fsp3) is 0.500. The lowest BCUT2D eigenvalue weighted by Gasteiger charge is -2.38. The van der Waals surface area contributed by atoms with Gasteiger partial charge in [0.1, 0.15) is 0 Å². The van der Waals surface area contributed by atoms with E-state index >= 15 is 0 Å². The molecule has 1 fully saturated rings. The van der Waals surface area contributed by atoms with Gasteiger partial charge in [0, 0.05) is 19.5 Å². The van der Waals surface area contributed by atoms with Gasteiger partial charge in [-0.2, -0.15) is 0 Å². The molecule has 2 unspecified atom stereocenters. The SMILES string of the molecule is Cc1cccc(C2C(N)CCC(=O)N2C)c1C. The highest BCUT2D eigenvalue weighted by Crippen LogP contribution is 2.32. The Hall–Kier alpha value is -1.35. The number of nitrogens with zero attached hydrogens (tertiary/aromatic N) is 1. The Balaban J connectivity index is 2.43. The molecule has 2 N–H and O–H groups in total. The number of nitrogens with two attached hydrogens (primary N) is 1. The minimum absolute atomic E-state index is 0.0242. The second-order valence-electron chi connectivity index (χ2n) is 4.94. The second kappa shape index (κ2) is 4.49. The van der Waals surface area contributed by atoms with Gasteiger partial charge in [0.2, 0.25) is 5.91 Å². The quantitative estimate of drug-likeness (QED) is 0.804. The normalized spacial score (nSPS) is 25.2. The fourth-order valence-corrected chi connectivity index (χ4v) is 2.60. The molecular weight excluding hydrogens is 212 g/mol. The number of rotatable bonds is 1. The zero-order valence-corrected chi connectivity index (χ0v) is 10.7. The zero-order valence-electron chi connectivity index (χ0n) is 10.7. The van der Waals surface area contributed by atoms with Gasteiger partial charge in [-0.25, -0.2) is 0 Å². The molecule has 2 rings (SSSR count). The van der Waals surface area contributed by atoms with Gasteiger partial charge >= 0.3 is 0 Å². The van der Waals surface area contributed by atoms with Crippen LogP contribution in [-0.2, 0) is 4.79 Å². The van der Waals surface area contributed by atoms with E-state index in [0.717, 1.165) is 6.42 Å². The lowest BCUT2D eigenvalue weighted by molar-refractivity contribution is -0.135. The molecule has 1 amide bonds. The van der Waals surface area contributed by atoms with Crippen LogP contribution in [0.1, 0.15) is 35.6 Å². The summed E-state index contributed by atoms with van der Waals surface area (Å²) >= 11 is 0. The number of hydrogen-bond donors (Lipinski definition) is 1. The van der Waals surface area contributed by atoms with Crippen LogP contribution in [0.3, 0.4) is 0 Å². The number of piperidine rings is 1. The van der Waals surface area contributed by atoms with E-state index in [4.69, 9.17) is 5.73 Å². The lowest BCUT2D eigenvalue weighted by atomic mass is 9.87. The van der Waals surface area contributed by atoms with E-state index in [-0.39, 0.29) is 18.0 Å². The molecule has 2 atom stereocenters. The van der Waals surface area contributed by atoms with E-state index in [9.17, 15) is 4.79 Å². The number of hydrogen-bond acceptors (Lipinski definition) is 2. The average Bonchev–Trinajstić information content (AvgIpc) is 2.30. The van der Waals surface area contributed by atoms with Crippen LogP contribution in [0, 0.1) is 13.8 Å². The number of carbonyl (C=O) groups excluding carboxylic acids is 1. The molecule has 1 heterocycles. The molecule has 0 spiro atoms. The van der Waals surface area contributed by atoms with Crippen molar-refractivity contribution in [3.63, 3.8) is 0 Å². The molecule has 1 saturated heterocycles. The smallest absolute Gasteiger partial charge is 0.222 e. The van der Waals surface area contributed by atoms with Crippen molar-refractivity contribution in [2.24, 2.45) is 5.73 Å². The summed E-state index contributed by atoms with van der Waals surface area (Å²) in [6.07, 6.45) is 1.35. The maximum absolute atomic E-state index is 11.8. The Kier molecular flexibility index (Phi) is 3.20. The third-order valence-electron chi connectivity index (χ3n) is 3.87. The number of likely N-dealkylation sites (tertiary alicyclic amines) is 1.